The lowest BCUT2D eigenvalue weighted by Crippen LogP contribution is -2.11. The van der Waals surface area contributed by atoms with Gasteiger partial charge in [0, 0.05) is 34.0 Å². The van der Waals surface area contributed by atoms with Gasteiger partial charge in [-0.3, -0.25) is 20.2 Å². The summed E-state index contributed by atoms with van der Waals surface area (Å²) in [6, 6.07) is 17.4. The van der Waals surface area contributed by atoms with E-state index in [9.17, 15) is 20.2 Å². The number of nitriles is 1. The van der Waals surface area contributed by atoms with Crippen LogP contribution in [-0.2, 0) is 0 Å². The lowest BCUT2D eigenvalue weighted by atomic mass is 9.97. The quantitative estimate of drug-likeness (QED) is 0.210. The average molecular weight is 514 g/mol. The number of benzene rings is 2. The number of thiophene rings is 1. The summed E-state index contributed by atoms with van der Waals surface area (Å²) in [6.07, 6.45) is 0. The van der Waals surface area contributed by atoms with E-state index in [0.29, 0.717) is 32.2 Å². The van der Waals surface area contributed by atoms with E-state index in [1.807, 2.05) is 30.3 Å². The van der Waals surface area contributed by atoms with Crippen molar-refractivity contribution in [2.75, 3.05) is 16.8 Å². The summed E-state index contributed by atoms with van der Waals surface area (Å²) in [5.74, 6) is -0.440. The highest BCUT2D eigenvalue weighted by molar-refractivity contribution is 7.21. The number of aromatic nitrogens is 2. The summed E-state index contributed by atoms with van der Waals surface area (Å²) >= 11 is 2.24. The molecule has 0 aliphatic heterocycles. The Balaban J connectivity index is 1.52. The molecular formula is C24H15N7O3S2. The molecule has 0 atom stereocenters. The van der Waals surface area contributed by atoms with E-state index < -0.39 is 10.8 Å². The van der Waals surface area contributed by atoms with Gasteiger partial charge in [-0.2, -0.15) is 5.26 Å². The Bertz CT molecular complexity index is 1700. The van der Waals surface area contributed by atoms with Gasteiger partial charge >= 0.3 is 0 Å². The fourth-order valence-electron chi connectivity index (χ4n) is 3.74. The van der Waals surface area contributed by atoms with Gasteiger partial charge < -0.3 is 11.5 Å². The molecule has 3 heterocycles. The minimum absolute atomic E-state index is 0.0538. The number of carbonyl (C=O) groups is 1. The van der Waals surface area contributed by atoms with Crippen molar-refractivity contribution in [3.8, 4) is 28.5 Å². The Kier molecular flexibility index (Phi) is 5.77. The highest BCUT2D eigenvalue weighted by Crippen LogP contribution is 2.42. The van der Waals surface area contributed by atoms with E-state index in [2.05, 4.69) is 21.4 Å². The average Bonchev–Trinajstić information content (AvgIpc) is 3.48. The van der Waals surface area contributed by atoms with Gasteiger partial charge in [0.25, 0.3) is 11.6 Å². The number of thiazole rings is 1. The molecule has 0 fully saturated rings. The Morgan fingerprint density at radius 1 is 1.08 bits per heavy atom. The number of anilines is 3. The molecule has 0 aliphatic carbocycles. The van der Waals surface area contributed by atoms with Crippen LogP contribution in [-0.4, -0.2) is 20.8 Å². The van der Waals surface area contributed by atoms with Crippen molar-refractivity contribution in [3.05, 3.63) is 80.5 Å². The number of carbonyl (C=O) groups excluding carboxylic acids is 1. The Hall–Kier alpha value is -4.86. The summed E-state index contributed by atoms with van der Waals surface area (Å²) in [5, 5.41) is 26.0. The highest BCUT2D eigenvalue weighted by atomic mass is 32.1. The van der Waals surface area contributed by atoms with Crippen LogP contribution in [0.4, 0.5) is 22.3 Å². The molecule has 0 bridgehead atoms. The molecule has 5 N–H and O–H groups in total. The number of nitro groups is 1. The van der Waals surface area contributed by atoms with E-state index in [1.165, 1.54) is 23.5 Å². The number of pyridine rings is 1. The third-order valence-corrected chi connectivity index (χ3v) is 7.22. The first-order chi connectivity index (χ1) is 17.4. The maximum atomic E-state index is 13.2. The number of nitrogen functional groups attached to an aromatic ring is 2. The van der Waals surface area contributed by atoms with Crippen molar-refractivity contribution in [2.24, 2.45) is 0 Å². The molecule has 0 radical (unpaired) electrons. The number of fused-ring (bicyclic) bond motifs is 1. The molecule has 10 nitrogen and oxygen atoms in total. The third-order valence-electron chi connectivity index (χ3n) is 5.36. The fourth-order valence-corrected chi connectivity index (χ4v) is 5.46. The second-order valence-corrected chi connectivity index (χ2v) is 9.41. The predicted octanol–water partition coefficient (Wildman–Crippen LogP) is 5.28. The van der Waals surface area contributed by atoms with Gasteiger partial charge in [-0.05, 0) is 5.56 Å². The van der Waals surface area contributed by atoms with Crippen molar-refractivity contribution in [1.29, 1.82) is 5.26 Å². The van der Waals surface area contributed by atoms with Crippen LogP contribution in [0.5, 0.6) is 0 Å². The zero-order valence-electron chi connectivity index (χ0n) is 18.3. The van der Waals surface area contributed by atoms with E-state index in [0.717, 1.165) is 16.9 Å². The normalized spacial score (nSPS) is 10.8. The predicted molar refractivity (Wildman–Crippen MR) is 141 cm³/mol. The van der Waals surface area contributed by atoms with Gasteiger partial charge in [0.1, 0.15) is 27.2 Å². The Labute approximate surface area is 211 Å². The molecule has 0 spiro atoms. The zero-order chi connectivity index (χ0) is 25.4. The number of non-ortho nitro benzene ring substituents is 1. The molecule has 1 amide bonds. The molecule has 3 aromatic heterocycles. The number of nitro benzene ring substituents is 1. The number of nitrogens with one attached hydrogen (secondary N) is 1. The Morgan fingerprint density at radius 2 is 1.83 bits per heavy atom. The molecule has 12 heteroatoms. The second-order valence-electron chi connectivity index (χ2n) is 7.55. The zero-order valence-corrected chi connectivity index (χ0v) is 19.9. The number of nitrogens with two attached hydrogens (primary N) is 2. The molecule has 176 valence electrons. The van der Waals surface area contributed by atoms with Crippen LogP contribution in [0.15, 0.2) is 60.0 Å². The van der Waals surface area contributed by atoms with E-state index >= 15 is 0 Å². The summed E-state index contributed by atoms with van der Waals surface area (Å²) in [5.41, 5.74) is 15.1. The fraction of sp³-hybridized carbons (Fsp3) is 0. The molecule has 0 saturated carbocycles. The van der Waals surface area contributed by atoms with Gasteiger partial charge in [0.15, 0.2) is 5.13 Å². The van der Waals surface area contributed by atoms with Crippen LogP contribution in [0.2, 0.25) is 0 Å². The lowest BCUT2D eigenvalue weighted by Gasteiger charge is -2.09. The first-order valence-electron chi connectivity index (χ1n) is 10.4. The van der Waals surface area contributed by atoms with Crippen molar-refractivity contribution < 1.29 is 9.72 Å². The van der Waals surface area contributed by atoms with Gasteiger partial charge in [0.2, 0.25) is 0 Å². The van der Waals surface area contributed by atoms with Gasteiger partial charge in [-0.15, -0.1) is 22.7 Å². The molecular weight excluding hydrogens is 498 g/mol. The Morgan fingerprint density at radius 3 is 2.56 bits per heavy atom. The van der Waals surface area contributed by atoms with E-state index in [1.54, 1.807) is 17.5 Å². The number of nitrogens with zero attached hydrogens (tertiary/aromatic N) is 4. The van der Waals surface area contributed by atoms with Crippen LogP contribution >= 0.6 is 22.7 Å². The SMILES string of the molecule is N#Cc1c(N)nc2sc(C(=O)Nc3nc(-c4cccc([N+](=O)[O-])c4)cs3)c(N)c2c1-c1ccccc1. The molecule has 0 saturated heterocycles. The van der Waals surface area contributed by atoms with Crippen LogP contribution in [0, 0.1) is 21.4 Å². The molecule has 5 rings (SSSR count). The molecule has 0 aliphatic rings. The third kappa shape index (κ3) is 3.98. The van der Waals surface area contributed by atoms with Crippen molar-refractivity contribution in [1.82, 2.24) is 9.97 Å². The van der Waals surface area contributed by atoms with Crippen LogP contribution < -0.4 is 16.8 Å². The summed E-state index contributed by atoms with van der Waals surface area (Å²) in [6.45, 7) is 0. The standard InChI is InChI=1S/C24H15N7O3S2/c25-10-15-17(12-5-2-1-3-6-12)18-19(26)20(36-23(18)29-21(15)27)22(32)30-24-28-16(11-35-24)13-7-4-8-14(9-13)31(33)34/h1-9,11H,26H2,(H2,27,29)(H,28,30,32). The number of rotatable bonds is 5. The number of hydrogen-bond acceptors (Lipinski definition) is 10. The highest BCUT2D eigenvalue weighted by Gasteiger charge is 2.24. The molecule has 5 aromatic rings. The number of hydrogen-bond donors (Lipinski definition) is 3. The van der Waals surface area contributed by atoms with Crippen LogP contribution in [0.3, 0.4) is 0 Å². The minimum Gasteiger partial charge on any atom is -0.397 e. The van der Waals surface area contributed by atoms with Crippen LogP contribution in [0.25, 0.3) is 32.6 Å². The van der Waals surface area contributed by atoms with E-state index in [-0.39, 0.29) is 27.6 Å². The van der Waals surface area contributed by atoms with E-state index in [4.69, 9.17) is 11.5 Å². The summed E-state index contributed by atoms with van der Waals surface area (Å²) in [7, 11) is 0. The van der Waals surface area contributed by atoms with Crippen molar-refractivity contribution >= 4 is 61.1 Å². The van der Waals surface area contributed by atoms with Gasteiger partial charge in [0.05, 0.1) is 16.3 Å². The van der Waals surface area contributed by atoms with Crippen molar-refractivity contribution in [3.63, 3.8) is 0 Å². The first kappa shape index (κ1) is 22.9. The first-order valence-corrected chi connectivity index (χ1v) is 12.1. The smallest absolute Gasteiger partial charge is 0.270 e. The molecule has 36 heavy (non-hydrogen) atoms. The largest absolute Gasteiger partial charge is 0.397 e. The maximum absolute atomic E-state index is 13.2. The maximum Gasteiger partial charge on any atom is 0.270 e. The van der Waals surface area contributed by atoms with Crippen molar-refractivity contribution in [2.45, 2.75) is 0 Å². The second kappa shape index (κ2) is 9.06. The number of amides is 1. The summed E-state index contributed by atoms with van der Waals surface area (Å²) in [4.78, 5) is 33.1. The summed E-state index contributed by atoms with van der Waals surface area (Å²) < 4.78 is 0. The molecule has 0 unspecified atom stereocenters. The van der Waals surface area contributed by atoms with Gasteiger partial charge in [-0.25, -0.2) is 9.97 Å². The topological polar surface area (TPSA) is 174 Å². The lowest BCUT2D eigenvalue weighted by molar-refractivity contribution is -0.384. The van der Waals surface area contributed by atoms with Gasteiger partial charge in [-0.1, -0.05) is 42.5 Å². The minimum atomic E-state index is -0.494. The molecule has 2 aromatic carbocycles. The monoisotopic (exact) mass is 513 g/mol. The van der Waals surface area contributed by atoms with Crippen LogP contribution in [0.1, 0.15) is 15.2 Å².